The molecule has 0 bridgehead atoms. The lowest BCUT2D eigenvalue weighted by Gasteiger charge is -2.36. The molecule has 0 amide bonds. The van der Waals surface area contributed by atoms with Gasteiger partial charge < -0.3 is 4.74 Å². The minimum absolute atomic E-state index is 0.392. The molecule has 0 fully saturated rings. The van der Waals surface area contributed by atoms with E-state index in [0.29, 0.717) is 6.47 Å². The summed E-state index contributed by atoms with van der Waals surface area (Å²) in [6.07, 6.45) is 2.23. The molecule has 4 heteroatoms. The van der Waals surface area contributed by atoms with E-state index in [1.807, 2.05) is 17.9 Å². The van der Waals surface area contributed by atoms with Crippen LogP contribution in [0.5, 0.6) is 0 Å². The lowest BCUT2D eigenvalue weighted by atomic mass is 9.92. The Labute approximate surface area is 124 Å². The second kappa shape index (κ2) is 5.20. The molecule has 108 valence electrons. The van der Waals surface area contributed by atoms with Gasteiger partial charge in [-0.2, -0.15) is 0 Å². The van der Waals surface area contributed by atoms with Crippen LogP contribution in [0.2, 0.25) is 0 Å². The molecule has 1 unspecified atom stereocenters. The first-order valence-electron chi connectivity index (χ1n) is 7.04. The fourth-order valence-electron chi connectivity index (χ4n) is 3.02. The Morgan fingerprint density at radius 1 is 1.38 bits per heavy atom. The fourth-order valence-corrected chi connectivity index (χ4v) is 3.02. The minimum Gasteiger partial charge on any atom is -0.444 e. The predicted molar refractivity (Wildman–Crippen MR) is 81.7 cm³/mol. The zero-order valence-electron chi connectivity index (χ0n) is 12.5. The standard InChI is InChI=1S/C17H18N2O2/c1-11-7-12(2)15-9-14-5-4-6-18-17(14)19(16(15)8-11)13(3)21-10-20/h4-8,10,13H,9H2,1-3H3. The third kappa shape index (κ3) is 2.27. The number of pyridine rings is 1. The molecule has 21 heavy (non-hydrogen) atoms. The van der Waals surface area contributed by atoms with Gasteiger partial charge in [-0.25, -0.2) is 4.98 Å². The number of anilines is 2. The molecule has 0 radical (unpaired) electrons. The fraction of sp³-hybridized carbons (Fsp3) is 0.294. The molecule has 2 aromatic rings. The number of carbonyl (C=O) groups is 1. The lowest BCUT2D eigenvalue weighted by molar-refractivity contribution is -0.132. The van der Waals surface area contributed by atoms with Crippen molar-refractivity contribution in [3.8, 4) is 0 Å². The number of carbonyl (C=O) groups excluding carboxylic acids is 1. The smallest absolute Gasteiger partial charge is 0.295 e. The summed E-state index contributed by atoms with van der Waals surface area (Å²) in [6, 6.07) is 8.33. The van der Waals surface area contributed by atoms with Crippen LogP contribution < -0.4 is 4.90 Å². The first-order chi connectivity index (χ1) is 10.1. The van der Waals surface area contributed by atoms with Crippen molar-refractivity contribution in [2.24, 2.45) is 0 Å². The average molecular weight is 282 g/mol. The van der Waals surface area contributed by atoms with Crippen molar-refractivity contribution in [2.45, 2.75) is 33.4 Å². The van der Waals surface area contributed by atoms with Crippen LogP contribution in [-0.2, 0) is 16.0 Å². The highest BCUT2D eigenvalue weighted by Crippen LogP contribution is 2.40. The monoisotopic (exact) mass is 282 g/mol. The van der Waals surface area contributed by atoms with Crippen LogP contribution >= 0.6 is 0 Å². The van der Waals surface area contributed by atoms with Crippen LogP contribution in [0.15, 0.2) is 30.5 Å². The van der Waals surface area contributed by atoms with Gasteiger partial charge in [-0.1, -0.05) is 12.1 Å². The Hall–Kier alpha value is -2.36. The van der Waals surface area contributed by atoms with Gasteiger partial charge in [0, 0.05) is 12.6 Å². The van der Waals surface area contributed by atoms with E-state index in [9.17, 15) is 4.79 Å². The van der Waals surface area contributed by atoms with Gasteiger partial charge in [-0.3, -0.25) is 9.69 Å². The first-order valence-corrected chi connectivity index (χ1v) is 7.04. The topological polar surface area (TPSA) is 42.4 Å². The molecule has 0 saturated heterocycles. The van der Waals surface area contributed by atoms with Crippen molar-refractivity contribution in [1.82, 2.24) is 4.98 Å². The zero-order chi connectivity index (χ0) is 15.0. The van der Waals surface area contributed by atoms with Crippen molar-refractivity contribution in [2.75, 3.05) is 4.90 Å². The normalized spacial score (nSPS) is 14.1. The molecular formula is C17H18N2O2. The van der Waals surface area contributed by atoms with Crippen LogP contribution in [0.3, 0.4) is 0 Å². The van der Waals surface area contributed by atoms with Crippen molar-refractivity contribution < 1.29 is 9.53 Å². The summed E-state index contributed by atoms with van der Waals surface area (Å²) in [7, 11) is 0. The number of aromatic nitrogens is 1. The Bertz CT molecular complexity index is 697. The van der Waals surface area contributed by atoms with Crippen LogP contribution in [0.1, 0.15) is 29.2 Å². The van der Waals surface area contributed by atoms with E-state index in [2.05, 4.69) is 37.0 Å². The van der Waals surface area contributed by atoms with Crippen LogP contribution in [0, 0.1) is 13.8 Å². The van der Waals surface area contributed by atoms with E-state index >= 15 is 0 Å². The predicted octanol–water partition coefficient (Wildman–Crippen LogP) is 3.26. The van der Waals surface area contributed by atoms with Gasteiger partial charge in [-0.05, 0) is 55.2 Å². The van der Waals surface area contributed by atoms with Crippen molar-refractivity contribution >= 4 is 18.0 Å². The van der Waals surface area contributed by atoms with E-state index in [4.69, 9.17) is 4.74 Å². The molecule has 0 spiro atoms. The number of nitrogens with zero attached hydrogens (tertiary/aromatic N) is 2. The Morgan fingerprint density at radius 3 is 2.95 bits per heavy atom. The summed E-state index contributed by atoms with van der Waals surface area (Å²) in [5, 5.41) is 0. The summed E-state index contributed by atoms with van der Waals surface area (Å²) in [4.78, 5) is 17.2. The second-order valence-corrected chi connectivity index (χ2v) is 5.44. The largest absolute Gasteiger partial charge is 0.444 e. The average Bonchev–Trinajstić information content (AvgIpc) is 2.45. The van der Waals surface area contributed by atoms with Gasteiger partial charge in [0.1, 0.15) is 5.82 Å². The van der Waals surface area contributed by atoms with Gasteiger partial charge in [0.2, 0.25) is 0 Å². The number of benzene rings is 1. The third-order valence-electron chi connectivity index (χ3n) is 3.93. The SMILES string of the molecule is Cc1cc(C)c2c(c1)N(C(C)OC=O)c1ncccc1C2. The van der Waals surface area contributed by atoms with Gasteiger partial charge in [0.15, 0.2) is 6.23 Å². The number of aryl methyl sites for hydroxylation is 2. The Kier molecular flexibility index (Phi) is 3.37. The van der Waals surface area contributed by atoms with Crippen molar-refractivity contribution in [1.29, 1.82) is 0 Å². The molecule has 1 aliphatic heterocycles. The molecule has 0 saturated carbocycles. The molecule has 1 aromatic carbocycles. The molecule has 0 N–H and O–H groups in total. The van der Waals surface area contributed by atoms with Crippen molar-refractivity contribution in [3.63, 3.8) is 0 Å². The van der Waals surface area contributed by atoms with E-state index < -0.39 is 6.23 Å². The number of fused-ring (bicyclic) bond motifs is 2. The zero-order valence-corrected chi connectivity index (χ0v) is 12.5. The van der Waals surface area contributed by atoms with E-state index in [1.165, 1.54) is 16.7 Å². The van der Waals surface area contributed by atoms with Gasteiger partial charge in [-0.15, -0.1) is 0 Å². The quantitative estimate of drug-likeness (QED) is 0.810. The summed E-state index contributed by atoms with van der Waals surface area (Å²) >= 11 is 0. The second-order valence-electron chi connectivity index (χ2n) is 5.44. The Balaban J connectivity index is 2.20. The number of ether oxygens (including phenoxy) is 1. The van der Waals surface area contributed by atoms with Crippen LogP contribution in [0.25, 0.3) is 0 Å². The maximum atomic E-state index is 10.7. The molecule has 1 atom stereocenters. The summed E-state index contributed by atoms with van der Waals surface area (Å²) in [5.41, 5.74) is 5.94. The molecule has 4 nitrogen and oxygen atoms in total. The number of rotatable bonds is 3. The Morgan fingerprint density at radius 2 is 2.19 bits per heavy atom. The van der Waals surface area contributed by atoms with Crippen molar-refractivity contribution in [3.05, 3.63) is 52.7 Å². The molecule has 0 aliphatic carbocycles. The molecule has 1 aliphatic rings. The first kappa shape index (κ1) is 13.6. The van der Waals surface area contributed by atoms with E-state index in [-0.39, 0.29) is 0 Å². The third-order valence-corrected chi connectivity index (χ3v) is 3.93. The highest BCUT2D eigenvalue weighted by Gasteiger charge is 2.29. The van der Waals surface area contributed by atoms with Crippen LogP contribution in [0.4, 0.5) is 11.5 Å². The summed E-state index contributed by atoms with van der Waals surface area (Å²) in [6.45, 7) is 6.55. The summed E-state index contributed by atoms with van der Waals surface area (Å²) in [5.74, 6) is 0.865. The number of hydrogen-bond acceptors (Lipinski definition) is 4. The molecule has 3 rings (SSSR count). The summed E-state index contributed by atoms with van der Waals surface area (Å²) < 4.78 is 5.18. The number of hydrogen-bond donors (Lipinski definition) is 0. The van der Waals surface area contributed by atoms with Gasteiger partial charge in [0.25, 0.3) is 6.47 Å². The maximum Gasteiger partial charge on any atom is 0.295 e. The highest BCUT2D eigenvalue weighted by molar-refractivity contribution is 5.74. The van der Waals surface area contributed by atoms with Gasteiger partial charge >= 0.3 is 0 Å². The molecular weight excluding hydrogens is 264 g/mol. The lowest BCUT2D eigenvalue weighted by Crippen LogP contribution is -2.35. The maximum absolute atomic E-state index is 10.7. The molecule has 1 aromatic heterocycles. The molecule has 2 heterocycles. The van der Waals surface area contributed by atoms with Crippen LogP contribution in [-0.4, -0.2) is 17.7 Å². The van der Waals surface area contributed by atoms with E-state index in [1.54, 1.807) is 6.20 Å². The minimum atomic E-state index is -0.392. The van der Waals surface area contributed by atoms with Gasteiger partial charge in [0.05, 0.1) is 5.69 Å². The highest BCUT2D eigenvalue weighted by atomic mass is 16.5. The van der Waals surface area contributed by atoms with E-state index in [0.717, 1.165) is 23.5 Å².